The second kappa shape index (κ2) is 9.12. The monoisotopic (exact) mass is 432 g/mol. The van der Waals surface area contributed by atoms with Crippen LogP contribution in [0.2, 0.25) is 0 Å². The van der Waals surface area contributed by atoms with Crippen LogP contribution in [-0.4, -0.2) is 48.2 Å². The maximum absolute atomic E-state index is 12.3. The van der Waals surface area contributed by atoms with Crippen LogP contribution in [0.4, 0.5) is 5.69 Å². The summed E-state index contributed by atoms with van der Waals surface area (Å²) in [6, 6.07) is 5.22. The maximum Gasteiger partial charge on any atom is 0.356 e. The van der Waals surface area contributed by atoms with Gasteiger partial charge in [0, 0.05) is 23.5 Å². The van der Waals surface area contributed by atoms with E-state index in [-0.39, 0.29) is 23.9 Å². The number of anilines is 1. The van der Waals surface area contributed by atoms with E-state index in [0.29, 0.717) is 23.3 Å². The fourth-order valence-electron chi connectivity index (χ4n) is 2.91. The second-order valence-corrected chi connectivity index (χ2v) is 8.41. The molecule has 0 saturated heterocycles. The van der Waals surface area contributed by atoms with Crippen LogP contribution in [0.25, 0.3) is 16.8 Å². The van der Waals surface area contributed by atoms with E-state index < -0.39 is 16.0 Å². The van der Waals surface area contributed by atoms with E-state index in [9.17, 15) is 13.2 Å². The number of carbonyl (C=O) groups excluding carboxylic acids is 1. The third-order valence-electron chi connectivity index (χ3n) is 4.40. The lowest BCUT2D eigenvalue weighted by molar-refractivity contribution is 0.0518. The zero-order valence-corrected chi connectivity index (χ0v) is 17.9. The minimum atomic E-state index is -3.52. The first-order valence-electron chi connectivity index (χ1n) is 9.57. The number of rotatable bonds is 9. The molecule has 160 valence electrons. The van der Waals surface area contributed by atoms with Gasteiger partial charge in [0.15, 0.2) is 5.69 Å². The largest absolute Gasteiger partial charge is 0.480 e. The first kappa shape index (κ1) is 21.6. The summed E-state index contributed by atoms with van der Waals surface area (Å²) in [7, 11) is -2.10. The normalized spacial score (nSPS) is 11.4. The number of aromatic nitrogens is 3. The number of carbonyl (C=O) groups is 1. The Hall–Kier alpha value is -3.14. The summed E-state index contributed by atoms with van der Waals surface area (Å²) in [5, 5.41) is 0. The van der Waals surface area contributed by atoms with E-state index in [1.54, 1.807) is 35.9 Å². The molecule has 9 nitrogen and oxygen atoms in total. The molecule has 0 amide bonds. The zero-order valence-electron chi connectivity index (χ0n) is 17.1. The van der Waals surface area contributed by atoms with Gasteiger partial charge in [-0.1, -0.05) is 13.3 Å². The lowest BCUT2D eigenvalue weighted by Gasteiger charge is -2.13. The van der Waals surface area contributed by atoms with Gasteiger partial charge in [-0.15, -0.1) is 0 Å². The number of ether oxygens (including phenoxy) is 2. The molecule has 3 aromatic heterocycles. The van der Waals surface area contributed by atoms with Gasteiger partial charge in [-0.05, 0) is 31.5 Å². The molecule has 0 spiro atoms. The van der Waals surface area contributed by atoms with Gasteiger partial charge >= 0.3 is 5.97 Å². The standard InChI is InChI=1S/C20H24N4O5S/c1-4-6-9-30(26,27)23-16-10-15(11-22-19(16)28-3)14-7-8-18-21-12-17(24(18)13-14)20(25)29-5-2/h7-8,10-13,23H,4-6,9H2,1-3H3. The highest BCUT2D eigenvalue weighted by Gasteiger charge is 2.17. The smallest absolute Gasteiger partial charge is 0.356 e. The summed E-state index contributed by atoms with van der Waals surface area (Å²) < 4.78 is 39.1. The number of methoxy groups -OCH3 is 1. The highest BCUT2D eigenvalue weighted by molar-refractivity contribution is 7.92. The van der Waals surface area contributed by atoms with Crippen molar-refractivity contribution in [1.82, 2.24) is 14.4 Å². The molecule has 0 aliphatic carbocycles. The van der Waals surface area contributed by atoms with Crippen molar-refractivity contribution in [2.24, 2.45) is 0 Å². The molecule has 0 saturated carbocycles. The molecule has 10 heteroatoms. The van der Waals surface area contributed by atoms with Crippen LogP contribution in [0.15, 0.2) is 36.8 Å². The van der Waals surface area contributed by atoms with Crippen LogP contribution in [0, 0.1) is 0 Å². The summed E-state index contributed by atoms with van der Waals surface area (Å²) in [6.07, 6.45) is 6.08. The Balaban J connectivity index is 2.00. The predicted octanol–water partition coefficient (Wildman–Crippen LogP) is 3.12. The Morgan fingerprint density at radius 1 is 1.17 bits per heavy atom. The Morgan fingerprint density at radius 3 is 2.67 bits per heavy atom. The summed E-state index contributed by atoms with van der Waals surface area (Å²) in [4.78, 5) is 20.6. The maximum atomic E-state index is 12.3. The third-order valence-corrected chi connectivity index (χ3v) is 5.76. The Morgan fingerprint density at radius 2 is 1.97 bits per heavy atom. The minimum Gasteiger partial charge on any atom is -0.480 e. The van der Waals surface area contributed by atoms with Gasteiger partial charge in [0.1, 0.15) is 11.3 Å². The molecule has 30 heavy (non-hydrogen) atoms. The van der Waals surface area contributed by atoms with Crippen LogP contribution >= 0.6 is 0 Å². The van der Waals surface area contributed by atoms with Crippen molar-refractivity contribution in [3.8, 4) is 17.0 Å². The second-order valence-electron chi connectivity index (χ2n) is 6.57. The molecule has 0 bridgehead atoms. The van der Waals surface area contributed by atoms with Gasteiger partial charge in [-0.2, -0.15) is 0 Å². The summed E-state index contributed by atoms with van der Waals surface area (Å²) in [5.41, 5.74) is 2.51. The Kier molecular flexibility index (Phi) is 6.56. The number of esters is 1. The molecule has 0 atom stereocenters. The summed E-state index contributed by atoms with van der Waals surface area (Å²) in [6.45, 7) is 3.92. The number of imidazole rings is 1. The molecule has 3 aromatic rings. The SMILES string of the molecule is CCCCS(=O)(=O)Nc1cc(-c2ccc3ncc(C(=O)OCC)n3c2)cnc1OC. The van der Waals surface area contributed by atoms with E-state index in [0.717, 1.165) is 12.0 Å². The molecule has 0 fully saturated rings. The minimum absolute atomic E-state index is 0.0147. The van der Waals surface area contributed by atoms with Crippen molar-refractivity contribution >= 4 is 27.3 Å². The first-order chi connectivity index (χ1) is 14.4. The van der Waals surface area contributed by atoms with E-state index in [1.165, 1.54) is 13.3 Å². The Bertz CT molecular complexity index is 1160. The number of hydrogen-bond donors (Lipinski definition) is 1. The molecule has 0 radical (unpaired) electrons. The number of nitrogens with one attached hydrogen (secondary N) is 1. The van der Waals surface area contributed by atoms with Crippen molar-refractivity contribution in [3.63, 3.8) is 0 Å². The van der Waals surface area contributed by atoms with Crippen molar-refractivity contribution in [3.05, 3.63) is 42.5 Å². The lowest BCUT2D eigenvalue weighted by atomic mass is 10.1. The molecule has 1 N–H and O–H groups in total. The van der Waals surface area contributed by atoms with E-state index in [1.807, 2.05) is 13.0 Å². The molecule has 3 rings (SSSR count). The van der Waals surface area contributed by atoms with Gasteiger partial charge in [0.2, 0.25) is 15.9 Å². The van der Waals surface area contributed by atoms with Gasteiger partial charge in [-0.25, -0.2) is 23.2 Å². The molecule has 3 heterocycles. The average Bonchev–Trinajstić information content (AvgIpc) is 3.15. The van der Waals surface area contributed by atoms with Crippen molar-refractivity contribution in [1.29, 1.82) is 0 Å². The third kappa shape index (κ3) is 4.70. The van der Waals surface area contributed by atoms with Crippen LogP contribution in [-0.2, 0) is 14.8 Å². The van der Waals surface area contributed by atoms with Crippen molar-refractivity contribution < 1.29 is 22.7 Å². The first-order valence-corrected chi connectivity index (χ1v) is 11.2. The fraction of sp³-hybridized carbons (Fsp3) is 0.350. The quantitative estimate of drug-likeness (QED) is 0.517. The number of hydrogen-bond acceptors (Lipinski definition) is 7. The van der Waals surface area contributed by atoms with Gasteiger partial charge in [0.05, 0.1) is 25.7 Å². The fourth-order valence-corrected chi connectivity index (χ4v) is 4.16. The van der Waals surface area contributed by atoms with E-state index in [2.05, 4.69) is 14.7 Å². The average molecular weight is 433 g/mol. The Labute approximate surface area is 175 Å². The highest BCUT2D eigenvalue weighted by atomic mass is 32.2. The van der Waals surface area contributed by atoms with E-state index in [4.69, 9.17) is 9.47 Å². The molecular weight excluding hydrogens is 408 g/mol. The predicted molar refractivity (Wildman–Crippen MR) is 113 cm³/mol. The zero-order chi connectivity index (χ0) is 21.7. The molecule has 0 unspecified atom stereocenters. The number of pyridine rings is 2. The van der Waals surface area contributed by atoms with Crippen molar-refractivity contribution in [2.75, 3.05) is 24.2 Å². The number of unbranched alkanes of at least 4 members (excludes halogenated alkanes) is 1. The number of sulfonamides is 1. The molecular formula is C20H24N4O5S. The molecule has 0 aliphatic rings. The van der Waals surface area contributed by atoms with Gasteiger partial charge < -0.3 is 9.47 Å². The molecule has 0 aromatic carbocycles. The lowest BCUT2D eigenvalue weighted by Crippen LogP contribution is -2.17. The van der Waals surface area contributed by atoms with Gasteiger partial charge in [0.25, 0.3) is 0 Å². The van der Waals surface area contributed by atoms with E-state index >= 15 is 0 Å². The van der Waals surface area contributed by atoms with Crippen LogP contribution in [0.5, 0.6) is 5.88 Å². The van der Waals surface area contributed by atoms with Crippen LogP contribution in [0.3, 0.4) is 0 Å². The topological polar surface area (TPSA) is 112 Å². The molecule has 0 aliphatic heterocycles. The highest BCUT2D eigenvalue weighted by Crippen LogP contribution is 2.29. The van der Waals surface area contributed by atoms with Crippen LogP contribution < -0.4 is 9.46 Å². The number of nitrogens with zero attached hydrogens (tertiary/aromatic N) is 3. The van der Waals surface area contributed by atoms with Crippen molar-refractivity contribution in [2.45, 2.75) is 26.7 Å². The van der Waals surface area contributed by atoms with Crippen LogP contribution in [0.1, 0.15) is 37.2 Å². The summed E-state index contributed by atoms with van der Waals surface area (Å²) >= 11 is 0. The number of fused-ring (bicyclic) bond motifs is 1. The summed E-state index contributed by atoms with van der Waals surface area (Å²) in [5.74, 6) is -0.282. The van der Waals surface area contributed by atoms with Gasteiger partial charge in [-0.3, -0.25) is 9.12 Å².